The Morgan fingerprint density at radius 2 is 1.96 bits per heavy atom. The molecule has 3 aliphatic rings. The van der Waals surface area contributed by atoms with Gasteiger partial charge in [-0.2, -0.15) is 11.8 Å². The van der Waals surface area contributed by atoms with Crippen LogP contribution in [0.1, 0.15) is 19.3 Å². The predicted octanol–water partition coefficient (Wildman–Crippen LogP) is 0.601. The van der Waals surface area contributed by atoms with E-state index in [9.17, 15) is 9.59 Å². The van der Waals surface area contributed by atoms with Gasteiger partial charge in [-0.15, -0.1) is 12.4 Å². The van der Waals surface area contributed by atoms with Crippen molar-refractivity contribution in [2.45, 2.75) is 25.3 Å². The molecule has 3 heterocycles. The minimum Gasteiger partial charge on any atom is -0.378 e. The van der Waals surface area contributed by atoms with E-state index in [4.69, 9.17) is 4.74 Å². The second kappa shape index (κ2) is 9.85. The van der Waals surface area contributed by atoms with Crippen molar-refractivity contribution in [3.8, 4) is 0 Å². The molecule has 0 aromatic rings. The monoisotopic (exact) mass is 377 g/mol. The SMILES string of the molecule is Cl.O=C(CC1CSCCN1)N1CCCC(C(=O)N2CCOCC2)C1. The topological polar surface area (TPSA) is 61.9 Å². The summed E-state index contributed by atoms with van der Waals surface area (Å²) in [5.74, 6) is 2.52. The highest BCUT2D eigenvalue weighted by Crippen LogP contribution is 2.21. The van der Waals surface area contributed by atoms with Gasteiger partial charge in [-0.25, -0.2) is 0 Å². The molecule has 138 valence electrons. The van der Waals surface area contributed by atoms with Crippen LogP contribution in [0.5, 0.6) is 0 Å². The molecule has 2 unspecified atom stereocenters. The van der Waals surface area contributed by atoms with E-state index in [1.54, 1.807) is 0 Å². The number of nitrogens with zero attached hydrogens (tertiary/aromatic N) is 2. The highest BCUT2D eigenvalue weighted by molar-refractivity contribution is 7.99. The number of nitrogens with one attached hydrogen (secondary N) is 1. The van der Waals surface area contributed by atoms with Crippen LogP contribution in [-0.4, -0.2) is 85.1 Å². The van der Waals surface area contributed by atoms with Crippen molar-refractivity contribution >= 4 is 36.0 Å². The Morgan fingerprint density at radius 3 is 2.67 bits per heavy atom. The lowest BCUT2D eigenvalue weighted by Crippen LogP contribution is -2.50. The quantitative estimate of drug-likeness (QED) is 0.780. The third-order valence-electron chi connectivity index (χ3n) is 4.87. The van der Waals surface area contributed by atoms with E-state index in [1.807, 2.05) is 21.6 Å². The molecule has 24 heavy (non-hydrogen) atoms. The van der Waals surface area contributed by atoms with E-state index in [1.165, 1.54) is 0 Å². The lowest BCUT2D eigenvalue weighted by atomic mass is 9.95. The molecule has 3 rings (SSSR count). The largest absolute Gasteiger partial charge is 0.378 e. The average Bonchev–Trinajstić information content (AvgIpc) is 2.63. The number of carbonyl (C=O) groups excluding carboxylic acids is 2. The summed E-state index contributed by atoms with van der Waals surface area (Å²) >= 11 is 1.91. The van der Waals surface area contributed by atoms with Crippen molar-refractivity contribution in [1.82, 2.24) is 15.1 Å². The van der Waals surface area contributed by atoms with Crippen LogP contribution in [0.4, 0.5) is 0 Å². The van der Waals surface area contributed by atoms with Crippen LogP contribution >= 0.6 is 24.2 Å². The number of likely N-dealkylation sites (tertiary alicyclic amines) is 1. The first-order chi connectivity index (χ1) is 11.2. The van der Waals surface area contributed by atoms with Crippen molar-refractivity contribution < 1.29 is 14.3 Å². The molecular formula is C16H28ClN3O3S. The zero-order chi connectivity index (χ0) is 16.1. The maximum absolute atomic E-state index is 12.6. The molecule has 6 nitrogen and oxygen atoms in total. The van der Waals surface area contributed by atoms with Gasteiger partial charge >= 0.3 is 0 Å². The van der Waals surface area contributed by atoms with Gasteiger partial charge in [0.2, 0.25) is 11.8 Å². The van der Waals surface area contributed by atoms with Crippen LogP contribution in [0.3, 0.4) is 0 Å². The molecule has 0 aromatic heterocycles. The first-order valence-corrected chi connectivity index (χ1v) is 9.85. The number of hydrogen-bond acceptors (Lipinski definition) is 5. The number of rotatable bonds is 3. The lowest BCUT2D eigenvalue weighted by Gasteiger charge is -2.37. The van der Waals surface area contributed by atoms with Gasteiger partial charge in [-0.05, 0) is 12.8 Å². The highest BCUT2D eigenvalue weighted by atomic mass is 35.5. The molecule has 0 radical (unpaired) electrons. The van der Waals surface area contributed by atoms with Crippen molar-refractivity contribution in [3.63, 3.8) is 0 Å². The van der Waals surface area contributed by atoms with Gasteiger partial charge in [0.25, 0.3) is 0 Å². The number of piperidine rings is 1. The van der Waals surface area contributed by atoms with Crippen LogP contribution in [0, 0.1) is 5.92 Å². The minimum absolute atomic E-state index is 0. The van der Waals surface area contributed by atoms with Gasteiger partial charge in [-0.1, -0.05) is 0 Å². The minimum atomic E-state index is -0.0282. The number of thioether (sulfide) groups is 1. The van der Waals surface area contributed by atoms with Crippen LogP contribution in [0.25, 0.3) is 0 Å². The van der Waals surface area contributed by atoms with Crippen molar-refractivity contribution in [2.75, 3.05) is 57.4 Å². The Balaban J connectivity index is 0.00000208. The molecule has 0 aliphatic carbocycles. The highest BCUT2D eigenvalue weighted by Gasteiger charge is 2.32. The lowest BCUT2D eigenvalue weighted by molar-refractivity contribution is -0.144. The molecular weight excluding hydrogens is 350 g/mol. The van der Waals surface area contributed by atoms with Crippen molar-refractivity contribution in [1.29, 1.82) is 0 Å². The van der Waals surface area contributed by atoms with Gasteiger partial charge in [0.05, 0.1) is 19.1 Å². The molecule has 0 aromatic carbocycles. The Kier molecular flexibility index (Phi) is 8.13. The van der Waals surface area contributed by atoms with Gasteiger partial charge < -0.3 is 19.9 Å². The first-order valence-electron chi connectivity index (χ1n) is 8.69. The molecule has 0 spiro atoms. The van der Waals surface area contributed by atoms with E-state index in [0.717, 1.165) is 37.4 Å². The van der Waals surface area contributed by atoms with Gasteiger partial charge in [-0.3, -0.25) is 9.59 Å². The third-order valence-corrected chi connectivity index (χ3v) is 6.00. The predicted molar refractivity (Wildman–Crippen MR) is 97.7 cm³/mol. The van der Waals surface area contributed by atoms with Crippen LogP contribution in [0.2, 0.25) is 0 Å². The molecule has 3 aliphatic heterocycles. The van der Waals surface area contributed by atoms with Crippen molar-refractivity contribution in [3.05, 3.63) is 0 Å². The second-order valence-electron chi connectivity index (χ2n) is 6.55. The Labute approximate surface area is 154 Å². The van der Waals surface area contributed by atoms with Gasteiger partial charge in [0.1, 0.15) is 0 Å². The number of amides is 2. The maximum Gasteiger partial charge on any atom is 0.227 e. The van der Waals surface area contributed by atoms with Gasteiger partial charge in [0.15, 0.2) is 0 Å². The van der Waals surface area contributed by atoms with Crippen LogP contribution < -0.4 is 5.32 Å². The molecule has 2 amide bonds. The zero-order valence-electron chi connectivity index (χ0n) is 14.1. The molecule has 3 fully saturated rings. The summed E-state index contributed by atoms with van der Waals surface area (Å²) in [5.41, 5.74) is 0. The molecule has 8 heteroatoms. The molecule has 3 saturated heterocycles. The maximum atomic E-state index is 12.6. The fourth-order valence-corrected chi connectivity index (χ4v) is 4.49. The number of morpholine rings is 1. The summed E-state index contributed by atoms with van der Waals surface area (Å²) < 4.78 is 5.31. The number of ether oxygens (including phenoxy) is 1. The van der Waals surface area contributed by atoms with Gasteiger partial charge in [0, 0.05) is 56.7 Å². The summed E-state index contributed by atoms with van der Waals surface area (Å²) in [6.45, 7) is 5.01. The Morgan fingerprint density at radius 1 is 1.17 bits per heavy atom. The zero-order valence-corrected chi connectivity index (χ0v) is 15.7. The van der Waals surface area contributed by atoms with Crippen molar-refractivity contribution in [2.24, 2.45) is 5.92 Å². The summed E-state index contributed by atoms with van der Waals surface area (Å²) in [7, 11) is 0. The van der Waals surface area contributed by atoms with Crippen LogP contribution in [-0.2, 0) is 14.3 Å². The Bertz CT molecular complexity index is 429. The van der Waals surface area contributed by atoms with E-state index in [-0.39, 0.29) is 36.2 Å². The molecule has 2 atom stereocenters. The summed E-state index contributed by atoms with van der Waals surface area (Å²) in [6, 6.07) is 0.288. The number of hydrogen-bond donors (Lipinski definition) is 1. The average molecular weight is 378 g/mol. The molecule has 0 saturated carbocycles. The normalized spacial score (nSPS) is 28.2. The fraction of sp³-hybridized carbons (Fsp3) is 0.875. The second-order valence-corrected chi connectivity index (χ2v) is 7.70. The summed E-state index contributed by atoms with van der Waals surface area (Å²) in [5, 5.41) is 3.42. The third kappa shape index (κ3) is 5.25. The number of carbonyl (C=O) groups is 2. The van der Waals surface area contributed by atoms with E-state index in [0.29, 0.717) is 39.3 Å². The summed E-state index contributed by atoms with van der Waals surface area (Å²) in [6.07, 6.45) is 2.39. The standard InChI is InChI=1S/C16H27N3O3S.ClH/c20-15(10-14-12-23-9-3-17-14)19-4-1-2-13(11-19)16(21)18-5-7-22-8-6-18;/h13-14,17H,1-12H2;1H. The van der Waals surface area contributed by atoms with E-state index in [2.05, 4.69) is 5.32 Å². The van der Waals surface area contributed by atoms with Crippen LogP contribution in [0.15, 0.2) is 0 Å². The molecule has 0 bridgehead atoms. The fourth-order valence-electron chi connectivity index (χ4n) is 3.54. The van der Waals surface area contributed by atoms with E-state index >= 15 is 0 Å². The number of halogens is 1. The summed E-state index contributed by atoms with van der Waals surface area (Å²) in [4.78, 5) is 29.0. The van der Waals surface area contributed by atoms with E-state index < -0.39 is 0 Å². The molecule has 1 N–H and O–H groups in total. The Hall–Kier alpha value is -0.500. The first kappa shape index (κ1) is 19.8. The smallest absolute Gasteiger partial charge is 0.227 e.